The zero-order valence-electron chi connectivity index (χ0n) is 13.8. The van der Waals surface area contributed by atoms with Gasteiger partial charge in [-0.05, 0) is 28.7 Å². The van der Waals surface area contributed by atoms with E-state index in [9.17, 15) is 9.59 Å². The number of hydrogen-bond donors (Lipinski definition) is 1. The Hall–Kier alpha value is -2.36. The molecule has 0 aliphatic heterocycles. The van der Waals surface area contributed by atoms with E-state index in [2.05, 4.69) is 5.32 Å². The lowest BCUT2D eigenvalue weighted by Gasteiger charge is -2.18. The molecule has 122 valence electrons. The van der Waals surface area contributed by atoms with Gasteiger partial charge in [0.1, 0.15) is 6.04 Å². The van der Waals surface area contributed by atoms with E-state index in [4.69, 9.17) is 4.74 Å². The quantitative estimate of drug-likeness (QED) is 0.834. The second-order valence-electron chi connectivity index (χ2n) is 6.13. The standard InChI is InChI=1S/C19H23NO3/c1-13(2)10-17(19(22)23-3)20-18(21)12-14-8-9-15-6-4-5-7-16(15)11-14/h4-9,11,13,17H,10,12H2,1-3H3,(H,20,21)/t17-/m0/s1. The zero-order chi connectivity index (χ0) is 16.8. The summed E-state index contributed by atoms with van der Waals surface area (Å²) in [6.07, 6.45) is 0.812. The predicted octanol–water partition coefficient (Wildman–Crippen LogP) is 3.09. The molecule has 0 saturated carbocycles. The van der Waals surface area contributed by atoms with E-state index in [0.29, 0.717) is 12.3 Å². The molecule has 23 heavy (non-hydrogen) atoms. The summed E-state index contributed by atoms with van der Waals surface area (Å²) in [7, 11) is 1.34. The maximum absolute atomic E-state index is 12.2. The van der Waals surface area contributed by atoms with Crippen LogP contribution in [0.2, 0.25) is 0 Å². The summed E-state index contributed by atoms with van der Waals surface area (Å²) in [4.78, 5) is 24.0. The molecule has 0 fully saturated rings. The van der Waals surface area contributed by atoms with E-state index in [1.807, 2.05) is 56.3 Å². The normalized spacial score (nSPS) is 12.2. The van der Waals surface area contributed by atoms with Crippen LogP contribution in [0.4, 0.5) is 0 Å². The topological polar surface area (TPSA) is 55.4 Å². The van der Waals surface area contributed by atoms with Crippen LogP contribution in [0.15, 0.2) is 42.5 Å². The minimum Gasteiger partial charge on any atom is -0.467 e. The number of nitrogens with one attached hydrogen (secondary N) is 1. The molecule has 0 aromatic heterocycles. The number of esters is 1. The van der Waals surface area contributed by atoms with E-state index in [0.717, 1.165) is 16.3 Å². The molecule has 1 atom stereocenters. The van der Waals surface area contributed by atoms with Gasteiger partial charge in [-0.2, -0.15) is 0 Å². The van der Waals surface area contributed by atoms with Gasteiger partial charge in [-0.3, -0.25) is 4.79 Å². The van der Waals surface area contributed by atoms with Crippen LogP contribution >= 0.6 is 0 Å². The lowest BCUT2D eigenvalue weighted by atomic mass is 10.0. The second-order valence-corrected chi connectivity index (χ2v) is 6.13. The number of hydrogen-bond acceptors (Lipinski definition) is 3. The molecule has 2 aromatic rings. The fourth-order valence-corrected chi connectivity index (χ4v) is 2.61. The molecule has 2 aromatic carbocycles. The van der Waals surface area contributed by atoms with Crippen molar-refractivity contribution in [2.75, 3.05) is 7.11 Å². The molecule has 1 N–H and O–H groups in total. The van der Waals surface area contributed by atoms with E-state index in [1.165, 1.54) is 7.11 Å². The van der Waals surface area contributed by atoms with Gasteiger partial charge in [0.15, 0.2) is 0 Å². The number of ether oxygens (including phenoxy) is 1. The molecule has 0 aliphatic carbocycles. The van der Waals surface area contributed by atoms with Gasteiger partial charge in [-0.25, -0.2) is 4.79 Å². The van der Waals surface area contributed by atoms with Crippen molar-refractivity contribution in [2.45, 2.75) is 32.7 Å². The lowest BCUT2D eigenvalue weighted by Crippen LogP contribution is -2.43. The van der Waals surface area contributed by atoms with Gasteiger partial charge < -0.3 is 10.1 Å². The summed E-state index contributed by atoms with van der Waals surface area (Å²) in [5.74, 6) is -0.276. The molecule has 0 spiro atoms. The van der Waals surface area contributed by atoms with Gasteiger partial charge in [0.05, 0.1) is 13.5 Å². The first-order valence-corrected chi connectivity index (χ1v) is 7.84. The Balaban J connectivity index is 2.05. The molecule has 4 heteroatoms. The van der Waals surface area contributed by atoms with Crippen LogP contribution in [0.5, 0.6) is 0 Å². The predicted molar refractivity (Wildman–Crippen MR) is 91.1 cm³/mol. The Bertz CT molecular complexity index is 694. The smallest absolute Gasteiger partial charge is 0.328 e. The van der Waals surface area contributed by atoms with Crippen molar-refractivity contribution in [1.29, 1.82) is 0 Å². The van der Waals surface area contributed by atoms with Crippen molar-refractivity contribution >= 4 is 22.6 Å². The van der Waals surface area contributed by atoms with Crippen LogP contribution in [0.1, 0.15) is 25.8 Å². The fraction of sp³-hybridized carbons (Fsp3) is 0.368. The Morgan fingerprint density at radius 2 is 1.78 bits per heavy atom. The molecule has 0 bridgehead atoms. The first-order chi connectivity index (χ1) is 11.0. The first kappa shape index (κ1) is 17.0. The number of methoxy groups -OCH3 is 1. The zero-order valence-corrected chi connectivity index (χ0v) is 13.8. The molecule has 1 amide bonds. The van der Waals surface area contributed by atoms with Gasteiger partial charge in [-0.1, -0.05) is 56.3 Å². The number of rotatable bonds is 6. The summed E-state index contributed by atoms with van der Waals surface area (Å²) in [6, 6.07) is 13.4. The van der Waals surface area contributed by atoms with Gasteiger partial charge in [0.2, 0.25) is 5.91 Å². The largest absolute Gasteiger partial charge is 0.467 e. The van der Waals surface area contributed by atoms with Crippen molar-refractivity contribution in [2.24, 2.45) is 5.92 Å². The van der Waals surface area contributed by atoms with E-state index in [-0.39, 0.29) is 12.3 Å². The molecule has 0 unspecified atom stereocenters. The molecule has 2 rings (SSSR count). The third kappa shape index (κ3) is 4.81. The highest BCUT2D eigenvalue weighted by Gasteiger charge is 2.22. The average Bonchev–Trinajstić information content (AvgIpc) is 2.52. The Labute approximate surface area is 136 Å². The van der Waals surface area contributed by atoms with Crippen LogP contribution in [-0.2, 0) is 20.7 Å². The van der Waals surface area contributed by atoms with Gasteiger partial charge in [0, 0.05) is 0 Å². The summed E-state index contributed by atoms with van der Waals surface area (Å²) in [6.45, 7) is 4.01. The van der Waals surface area contributed by atoms with E-state index in [1.54, 1.807) is 0 Å². The van der Waals surface area contributed by atoms with Gasteiger partial charge in [0.25, 0.3) is 0 Å². The highest BCUT2D eigenvalue weighted by atomic mass is 16.5. The molecule has 0 aliphatic rings. The van der Waals surface area contributed by atoms with Crippen LogP contribution in [0.3, 0.4) is 0 Å². The van der Waals surface area contributed by atoms with Crippen molar-refractivity contribution < 1.29 is 14.3 Å². The molecule has 4 nitrogen and oxygen atoms in total. The number of amides is 1. The van der Waals surface area contributed by atoms with Crippen molar-refractivity contribution in [3.05, 3.63) is 48.0 Å². The second kappa shape index (κ2) is 7.77. The molecular weight excluding hydrogens is 290 g/mol. The van der Waals surface area contributed by atoms with Gasteiger partial charge in [-0.15, -0.1) is 0 Å². The minimum atomic E-state index is -0.590. The van der Waals surface area contributed by atoms with Gasteiger partial charge >= 0.3 is 5.97 Å². The average molecular weight is 313 g/mol. The molecular formula is C19H23NO3. The minimum absolute atomic E-state index is 0.170. The lowest BCUT2D eigenvalue weighted by molar-refractivity contribution is -0.145. The van der Waals surface area contributed by atoms with Crippen molar-refractivity contribution in [1.82, 2.24) is 5.32 Å². The summed E-state index contributed by atoms with van der Waals surface area (Å²) in [5.41, 5.74) is 0.925. The summed E-state index contributed by atoms with van der Waals surface area (Å²) >= 11 is 0. The highest BCUT2D eigenvalue weighted by Crippen LogP contribution is 2.16. The fourth-order valence-electron chi connectivity index (χ4n) is 2.61. The molecule has 0 radical (unpaired) electrons. The van der Waals surface area contributed by atoms with Crippen molar-refractivity contribution in [3.8, 4) is 0 Å². The molecule has 0 heterocycles. The van der Waals surface area contributed by atoms with Crippen LogP contribution in [0, 0.1) is 5.92 Å². The van der Waals surface area contributed by atoms with E-state index < -0.39 is 12.0 Å². The Kier molecular flexibility index (Phi) is 5.74. The third-order valence-corrected chi connectivity index (χ3v) is 3.71. The summed E-state index contributed by atoms with van der Waals surface area (Å²) in [5, 5.41) is 5.03. The highest BCUT2D eigenvalue weighted by molar-refractivity contribution is 5.87. The first-order valence-electron chi connectivity index (χ1n) is 7.84. The monoisotopic (exact) mass is 313 g/mol. The molecule has 0 saturated heterocycles. The Morgan fingerprint density at radius 3 is 2.43 bits per heavy atom. The SMILES string of the molecule is COC(=O)[C@H](CC(C)C)NC(=O)Cc1ccc2ccccc2c1. The maximum Gasteiger partial charge on any atom is 0.328 e. The van der Waals surface area contributed by atoms with Crippen LogP contribution in [-0.4, -0.2) is 25.0 Å². The van der Waals surface area contributed by atoms with Crippen LogP contribution < -0.4 is 5.32 Å². The van der Waals surface area contributed by atoms with Crippen LogP contribution in [0.25, 0.3) is 10.8 Å². The maximum atomic E-state index is 12.2. The number of carbonyl (C=O) groups excluding carboxylic acids is 2. The van der Waals surface area contributed by atoms with Crippen molar-refractivity contribution in [3.63, 3.8) is 0 Å². The number of carbonyl (C=O) groups is 2. The Morgan fingerprint density at radius 1 is 1.09 bits per heavy atom. The van der Waals surface area contributed by atoms with E-state index >= 15 is 0 Å². The third-order valence-electron chi connectivity index (χ3n) is 3.71. The number of benzene rings is 2. The summed E-state index contributed by atoms with van der Waals surface area (Å²) < 4.78 is 4.77. The number of fused-ring (bicyclic) bond motifs is 1.